The first-order valence-electron chi connectivity index (χ1n) is 7.33. The van der Waals surface area contributed by atoms with Crippen LogP contribution in [0.2, 0.25) is 0 Å². The molecule has 1 aliphatic rings. The van der Waals surface area contributed by atoms with E-state index < -0.39 is 0 Å². The number of hydrogen-bond acceptors (Lipinski definition) is 4. The molecule has 3 rings (SSSR count). The smallest absolute Gasteiger partial charge is 0.230 e. The third-order valence-corrected chi connectivity index (χ3v) is 4.51. The number of carbonyl (C=O) groups excluding carboxylic acids is 1. The minimum atomic E-state index is -0.0475. The Bertz CT molecular complexity index is 634. The molecule has 0 saturated heterocycles. The number of benzene rings is 1. The van der Waals surface area contributed by atoms with Crippen molar-refractivity contribution in [3.63, 3.8) is 0 Å². The number of nitrogens with one attached hydrogen (secondary N) is 1. The molecule has 5 heteroatoms. The van der Waals surface area contributed by atoms with Gasteiger partial charge < -0.3 is 10.1 Å². The average molecular weight is 314 g/mol. The summed E-state index contributed by atoms with van der Waals surface area (Å²) in [5.74, 6) is 0.369. The minimum Gasteiger partial charge on any atom is -0.371 e. The molecule has 0 saturated carbocycles. The van der Waals surface area contributed by atoms with E-state index in [1.54, 1.807) is 6.20 Å². The molecular weight excluding hydrogens is 296 g/mol. The Morgan fingerprint density at radius 3 is 3.00 bits per heavy atom. The summed E-state index contributed by atoms with van der Waals surface area (Å²) >= 11 is 1.44. The predicted octanol–water partition coefficient (Wildman–Crippen LogP) is 2.60. The molecule has 0 radical (unpaired) electrons. The quantitative estimate of drug-likeness (QED) is 0.862. The van der Waals surface area contributed by atoms with Crippen LogP contribution in [0.1, 0.15) is 17.2 Å². The molecule has 2 heterocycles. The van der Waals surface area contributed by atoms with Crippen molar-refractivity contribution in [1.29, 1.82) is 0 Å². The Morgan fingerprint density at radius 2 is 2.14 bits per heavy atom. The highest BCUT2D eigenvalue weighted by Crippen LogP contribution is 2.26. The van der Waals surface area contributed by atoms with Crippen LogP contribution in [0.5, 0.6) is 0 Å². The van der Waals surface area contributed by atoms with Crippen molar-refractivity contribution < 1.29 is 9.53 Å². The lowest BCUT2D eigenvalue weighted by molar-refractivity contribution is -0.119. The number of ether oxygens (including phenoxy) is 1. The van der Waals surface area contributed by atoms with Crippen LogP contribution >= 0.6 is 11.8 Å². The number of carbonyl (C=O) groups is 1. The van der Waals surface area contributed by atoms with Gasteiger partial charge in [0, 0.05) is 12.7 Å². The van der Waals surface area contributed by atoms with Crippen molar-refractivity contribution in [1.82, 2.24) is 10.3 Å². The first-order chi connectivity index (χ1) is 10.8. The van der Waals surface area contributed by atoms with E-state index in [0.717, 1.165) is 11.4 Å². The summed E-state index contributed by atoms with van der Waals surface area (Å²) in [6.07, 6.45) is 2.62. The number of pyridine rings is 1. The number of hydrogen-bond donors (Lipinski definition) is 1. The van der Waals surface area contributed by atoms with E-state index in [-0.39, 0.29) is 12.0 Å². The van der Waals surface area contributed by atoms with Crippen LogP contribution in [0.4, 0.5) is 0 Å². The molecule has 0 unspecified atom stereocenters. The van der Waals surface area contributed by atoms with Gasteiger partial charge in [-0.3, -0.25) is 4.79 Å². The van der Waals surface area contributed by atoms with Crippen molar-refractivity contribution in [3.05, 3.63) is 59.8 Å². The molecule has 1 aliphatic heterocycles. The third-order valence-electron chi connectivity index (χ3n) is 3.57. The monoisotopic (exact) mass is 314 g/mol. The summed E-state index contributed by atoms with van der Waals surface area (Å²) in [7, 11) is 0. The van der Waals surface area contributed by atoms with E-state index in [1.807, 2.05) is 30.3 Å². The zero-order valence-corrected chi connectivity index (χ0v) is 13.0. The molecule has 0 spiro atoms. The Kier molecular flexibility index (Phi) is 5.08. The van der Waals surface area contributed by atoms with E-state index in [9.17, 15) is 4.79 Å². The van der Waals surface area contributed by atoms with Gasteiger partial charge in [0.15, 0.2) is 0 Å². The van der Waals surface area contributed by atoms with Gasteiger partial charge in [-0.15, -0.1) is 0 Å². The van der Waals surface area contributed by atoms with Crippen LogP contribution in [-0.2, 0) is 16.0 Å². The Morgan fingerprint density at radius 1 is 1.27 bits per heavy atom. The maximum atomic E-state index is 12.0. The highest BCUT2D eigenvalue weighted by atomic mass is 32.2. The summed E-state index contributed by atoms with van der Waals surface area (Å²) in [5.41, 5.74) is 2.50. The summed E-state index contributed by atoms with van der Waals surface area (Å²) in [6.45, 7) is 1.22. The zero-order valence-electron chi connectivity index (χ0n) is 12.2. The Balaban J connectivity index is 1.50. The summed E-state index contributed by atoms with van der Waals surface area (Å²) in [6, 6.07) is 13.9. The highest BCUT2D eigenvalue weighted by Gasteiger charge is 2.20. The van der Waals surface area contributed by atoms with Crippen molar-refractivity contribution in [2.45, 2.75) is 17.6 Å². The van der Waals surface area contributed by atoms with Crippen molar-refractivity contribution >= 4 is 17.7 Å². The molecule has 1 aromatic carbocycles. The maximum absolute atomic E-state index is 12.0. The number of amides is 1. The van der Waals surface area contributed by atoms with E-state index in [4.69, 9.17) is 4.74 Å². The zero-order chi connectivity index (χ0) is 15.2. The minimum absolute atomic E-state index is 0.00214. The topological polar surface area (TPSA) is 51.2 Å². The van der Waals surface area contributed by atoms with Gasteiger partial charge in [-0.25, -0.2) is 4.98 Å². The average Bonchev–Trinajstić information content (AvgIpc) is 2.59. The predicted molar refractivity (Wildman–Crippen MR) is 86.8 cm³/mol. The molecule has 0 fully saturated rings. The molecule has 1 N–H and O–H groups in total. The second-order valence-electron chi connectivity index (χ2n) is 5.07. The van der Waals surface area contributed by atoms with Gasteiger partial charge in [-0.1, -0.05) is 42.1 Å². The van der Waals surface area contributed by atoms with Crippen molar-refractivity contribution in [3.8, 4) is 0 Å². The lowest BCUT2D eigenvalue weighted by atomic mass is 9.97. The molecule has 1 amide bonds. The second-order valence-corrected chi connectivity index (χ2v) is 6.06. The van der Waals surface area contributed by atoms with Gasteiger partial charge in [-0.05, 0) is 29.7 Å². The van der Waals surface area contributed by atoms with Gasteiger partial charge in [-0.2, -0.15) is 0 Å². The van der Waals surface area contributed by atoms with E-state index >= 15 is 0 Å². The van der Waals surface area contributed by atoms with Gasteiger partial charge in [0.25, 0.3) is 0 Å². The number of nitrogens with zero attached hydrogens (tertiary/aromatic N) is 1. The molecule has 0 bridgehead atoms. The molecule has 1 aromatic heterocycles. The van der Waals surface area contributed by atoms with Crippen LogP contribution in [0, 0.1) is 0 Å². The Labute approximate surface area is 134 Å². The maximum Gasteiger partial charge on any atom is 0.230 e. The lowest BCUT2D eigenvalue weighted by Crippen LogP contribution is -2.32. The molecular formula is C17H18N2O2S. The number of fused-ring (bicyclic) bond motifs is 1. The van der Waals surface area contributed by atoms with Crippen molar-refractivity contribution in [2.24, 2.45) is 0 Å². The van der Waals surface area contributed by atoms with Crippen molar-refractivity contribution in [2.75, 3.05) is 18.9 Å². The molecule has 114 valence electrons. The van der Waals surface area contributed by atoms with Crippen LogP contribution < -0.4 is 5.32 Å². The molecule has 4 nitrogen and oxygen atoms in total. The van der Waals surface area contributed by atoms with Gasteiger partial charge >= 0.3 is 0 Å². The summed E-state index contributed by atoms with van der Waals surface area (Å²) in [4.78, 5) is 16.1. The summed E-state index contributed by atoms with van der Waals surface area (Å²) < 4.78 is 5.78. The van der Waals surface area contributed by atoms with Crippen LogP contribution in [0.15, 0.2) is 53.7 Å². The highest BCUT2D eigenvalue weighted by molar-refractivity contribution is 7.99. The van der Waals surface area contributed by atoms with Crippen LogP contribution in [-0.4, -0.2) is 29.8 Å². The normalized spacial score (nSPS) is 16.8. The molecule has 2 aromatic rings. The van der Waals surface area contributed by atoms with Gasteiger partial charge in [0.05, 0.1) is 17.4 Å². The van der Waals surface area contributed by atoms with Gasteiger partial charge in [0.2, 0.25) is 5.91 Å². The van der Waals surface area contributed by atoms with E-state index in [1.165, 1.54) is 22.9 Å². The molecule has 0 aliphatic carbocycles. The fraction of sp³-hybridized carbons (Fsp3) is 0.294. The standard InChI is InChI=1S/C17H18N2O2S/c20-16(12-22-17-7-3-4-9-18-17)19-11-15-14-6-2-1-5-13(14)8-10-21-15/h1-7,9,15H,8,10-12H2,(H,19,20)/t15-/m1/s1. The van der Waals surface area contributed by atoms with E-state index in [2.05, 4.69) is 22.4 Å². The number of rotatable bonds is 5. The van der Waals surface area contributed by atoms with Crippen LogP contribution in [0.25, 0.3) is 0 Å². The van der Waals surface area contributed by atoms with Crippen LogP contribution in [0.3, 0.4) is 0 Å². The summed E-state index contributed by atoms with van der Waals surface area (Å²) in [5, 5.41) is 3.81. The fourth-order valence-corrected chi connectivity index (χ4v) is 3.17. The third kappa shape index (κ3) is 3.87. The number of thioether (sulfide) groups is 1. The first-order valence-corrected chi connectivity index (χ1v) is 8.31. The second kappa shape index (κ2) is 7.42. The molecule has 22 heavy (non-hydrogen) atoms. The largest absolute Gasteiger partial charge is 0.371 e. The van der Waals surface area contributed by atoms with Gasteiger partial charge in [0.1, 0.15) is 6.10 Å². The number of aromatic nitrogens is 1. The first kappa shape index (κ1) is 15.1. The Hall–Kier alpha value is -1.85. The lowest BCUT2D eigenvalue weighted by Gasteiger charge is -2.26. The van der Waals surface area contributed by atoms with E-state index in [0.29, 0.717) is 18.9 Å². The fourth-order valence-electron chi connectivity index (χ4n) is 2.48. The molecule has 1 atom stereocenters. The SMILES string of the molecule is O=C(CSc1ccccn1)NC[C@H]1OCCc2ccccc21.